The van der Waals surface area contributed by atoms with Gasteiger partial charge in [-0.1, -0.05) is 19.9 Å². The fourth-order valence-electron chi connectivity index (χ4n) is 1.54. The molecular formula is C15H20N2O5. The summed E-state index contributed by atoms with van der Waals surface area (Å²) < 4.78 is 5.01. The smallest absolute Gasteiger partial charge is 0.341 e. The Morgan fingerprint density at radius 2 is 1.86 bits per heavy atom. The van der Waals surface area contributed by atoms with Crippen molar-refractivity contribution in [2.45, 2.75) is 13.8 Å². The average molecular weight is 308 g/mol. The summed E-state index contributed by atoms with van der Waals surface area (Å²) in [5.74, 6) is -1.27. The first-order valence-electron chi connectivity index (χ1n) is 6.90. The van der Waals surface area contributed by atoms with Gasteiger partial charge in [0.05, 0.1) is 0 Å². The summed E-state index contributed by atoms with van der Waals surface area (Å²) in [6.45, 7) is 3.76. The number of carboxylic acids is 1. The molecule has 0 heterocycles. The van der Waals surface area contributed by atoms with Gasteiger partial charge in [0.15, 0.2) is 6.61 Å². The highest BCUT2D eigenvalue weighted by atomic mass is 16.5. The van der Waals surface area contributed by atoms with Gasteiger partial charge in [-0.05, 0) is 18.2 Å². The Bertz CT molecular complexity index is 542. The highest BCUT2D eigenvalue weighted by Gasteiger charge is 2.08. The molecule has 1 aromatic carbocycles. The fourth-order valence-corrected chi connectivity index (χ4v) is 1.54. The number of amides is 2. The van der Waals surface area contributed by atoms with Gasteiger partial charge in [-0.25, -0.2) is 4.79 Å². The standard InChI is InChI=1S/C15H20N2O5/c1-10(2)14(20)16-6-7-17-15(21)11-4-3-5-12(8-11)22-9-13(18)19/h3-5,8,10H,6-7,9H2,1-2H3,(H,16,20)(H,17,21)(H,18,19). The number of hydrogen-bond donors (Lipinski definition) is 3. The Kier molecular flexibility index (Phi) is 6.88. The zero-order chi connectivity index (χ0) is 16.5. The van der Waals surface area contributed by atoms with Gasteiger partial charge in [0.25, 0.3) is 5.91 Å². The molecule has 0 aliphatic rings. The number of hydrogen-bond acceptors (Lipinski definition) is 4. The number of benzene rings is 1. The van der Waals surface area contributed by atoms with Crippen molar-refractivity contribution < 1.29 is 24.2 Å². The van der Waals surface area contributed by atoms with Gasteiger partial charge in [-0.3, -0.25) is 9.59 Å². The molecule has 7 heteroatoms. The quantitative estimate of drug-likeness (QED) is 0.612. The van der Waals surface area contributed by atoms with Crippen LogP contribution in [0.25, 0.3) is 0 Å². The number of carbonyl (C=O) groups is 3. The van der Waals surface area contributed by atoms with E-state index in [1.807, 2.05) is 0 Å². The second-order valence-electron chi connectivity index (χ2n) is 4.91. The molecule has 1 aromatic rings. The van der Waals surface area contributed by atoms with Crippen LogP contribution in [0.1, 0.15) is 24.2 Å². The van der Waals surface area contributed by atoms with E-state index in [2.05, 4.69) is 10.6 Å². The van der Waals surface area contributed by atoms with Crippen molar-refractivity contribution in [3.63, 3.8) is 0 Å². The van der Waals surface area contributed by atoms with Gasteiger partial charge >= 0.3 is 5.97 Å². The SMILES string of the molecule is CC(C)C(=O)NCCNC(=O)c1cccc(OCC(=O)O)c1. The van der Waals surface area contributed by atoms with Crippen molar-refractivity contribution in [1.29, 1.82) is 0 Å². The van der Waals surface area contributed by atoms with E-state index >= 15 is 0 Å². The first-order chi connectivity index (χ1) is 10.4. The van der Waals surface area contributed by atoms with Crippen molar-refractivity contribution in [3.8, 4) is 5.75 Å². The molecule has 3 N–H and O–H groups in total. The van der Waals surface area contributed by atoms with Crippen molar-refractivity contribution in [1.82, 2.24) is 10.6 Å². The average Bonchev–Trinajstić information content (AvgIpc) is 2.49. The van der Waals surface area contributed by atoms with Crippen LogP contribution in [-0.2, 0) is 9.59 Å². The number of carbonyl (C=O) groups excluding carboxylic acids is 2. The Hall–Kier alpha value is -2.57. The molecule has 1 rings (SSSR count). The molecule has 7 nitrogen and oxygen atoms in total. The first-order valence-corrected chi connectivity index (χ1v) is 6.90. The summed E-state index contributed by atoms with van der Waals surface area (Å²) in [4.78, 5) is 33.7. The minimum atomic E-state index is -1.09. The summed E-state index contributed by atoms with van der Waals surface area (Å²) >= 11 is 0. The van der Waals surface area contributed by atoms with E-state index in [0.29, 0.717) is 24.4 Å². The number of nitrogens with one attached hydrogen (secondary N) is 2. The lowest BCUT2D eigenvalue weighted by molar-refractivity contribution is -0.139. The lowest BCUT2D eigenvalue weighted by Gasteiger charge is -2.09. The normalized spacial score (nSPS) is 10.1. The van der Waals surface area contributed by atoms with Gasteiger partial charge in [0.1, 0.15) is 5.75 Å². The third-order valence-electron chi connectivity index (χ3n) is 2.69. The van der Waals surface area contributed by atoms with E-state index in [9.17, 15) is 14.4 Å². The van der Waals surface area contributed by atoms with E-state index in [0.717, 1.165) is 0 Å². The van der Waals surface area contributed by atoms with Crippen LogP contribution in [-0.4, -0.2) is 42.6 Å². The molecule has 0 spiro atoms. The lowest BCUT2D eigenvalue weighted by Crippen LogP contribution is -2.36. The zero-order valence-corrected chi connectivity index (χ0v) is 12.6. The maximum atomic E-state index is 11.9. The first kappa shape index (κ1) is 17.5. The predicted molar refractivity (Wildman–Crippen MR) is 79.8 cm³/mol. The molecule has 0 fully saturated rings. The summed E-state index contributed by atoms with van der Waals surface area (Å²) in [6.07, 6.45) is 0. The molecule has 0 saturated carbocycles. The van der Waals surface area contributed by atoms with E-state index < -0.39 is 12.6 Å². The molecule has 0 saturated heterocycles. The number of rotatable bonds is 8. The van der Waals surface area contributed by atoms with Crippen LogP contribution in [0.15, 0.2) is 24.3 Å². The van der Waals surface area contributed by atoms with Crippen LogP contribution in [0, 0.1) is 5.92 Å². The molecule has 0 aliphatic heterocycles. The number of carboxylic acid groups (broad SMARTS) is 1. The van der Waals surface area contributed by atoms with E-state index in [1.54, 1.807) is 32.0 Å². The Morgan fingerprint density at radius 1 is 1.18 bits per heavy atom. The van der Waals surface area contributed by atoms with Crippen molar-refractivity contribution in [2.75, 3.05) is 19.7 Å². The fraction of sp³-hybridized carbons (Fsp3) is 0.400. The largest absolute Gasteiger partial charge is 0.482 e. The third-order valence-corrected chi connectivity index (χ3v) is 2.69. The summed E-state index contributed by atoms with van der Waals surface area (Å²) in [6, 6.07) is 6.23. The minimum absolute atomic E-state index is 0.0710. The minimum Gasteiger partial charge on any atom is -0.482 e. The Labute approximate surface area is 128 Å². The molecule has 0 aliphatic carbocycles. The molecule has 22 heavy (non-hydrogen) atoms. The van der Waals surface area contributed by atoms with Crippen LogP contribution in [0.4, 0.5) is 0 Å². The molecule has 0 bridgehead atoms. The monoisotopic (exact) mass is 308 g/mol. The summed E-state index contributed by atoms with van der Waals surface area (Å²) in [5, 5.41) is 13.9. The molecular weight excluding hydrogens is 288 g/mol. The van der Waals surface area contributed by atoms with Crippen molar-refractivity contribution in [2.24, 2.45) is 5.92 Å². The van der Waals surface area contributed by atoms with E-state index in [1.165, 1.54) is 6.07 Å². The predicted octanol–water partition coefficient (Wildman–Crippen LogP) is 0.652. The second-order valence-corrected chi connectivity index (χ2v) is 4.91. The van der Waals surface area contributed by atoms with Gasteiger partial charge in [0.2, 0.25) is 5.91 Å². The van der Waals surface area contributed by atoms with Crippen molar-refractivity contribution in [3.05, 3.63) is 29.8 Å². The van der Waals surface area contributed by atoms with Gasteiger partial charge in [-0.15, -0.1) is 0 Å². The molecule has 2 amide bonds. The molecule has 0 atom stereocenters. The van der Waals surface area contributed by atoms with Gasteiger partial charge in [-0.2, -0.15) is 0 Å². The van der Waals surface area contributed by atoms with E-state index in [-0.39, 0.29) is 17.7 Å². The third kappa shape index (κ3) is 6.25. The van der Waals surface area contributed by atoms with Crippen LogP contribution < -0.4 is 15.4 Å². The molecule has 120 valence electrons. The maximum Gasteiger partial charge on any atom is 0.341 e. The van der Waals surface area contributed by atoms with Crippen LogP contribution in [0.5, 0.6) is 5.75 Å². The van der Waals surface area contributed by atoms with Crippen LogP contribution in [0.2, 0.25) is 0 Å². The molecule has 0 radical (unpaired) electrons. The summed E-state index contributed by atoms with van der Waals surface area (Å²) in [5.41, 5.74) is 0.359. The highest BCUT2D eigenvalue weighted by Crippen LogP contribution is 2.13. The summed E-state index contributed by atoms with van der Waals surface area (Å²) in [7, 11) is 0. The van der Waals surface area contributed by atoms with Crippen LogP contribution in [0.3, 0.4) is 0 Å². The topological polar surface area (TPSA) is 105 Å². The molecule has 0 unspecified atom stereocenters. The Morgan fingerprint density at radius 3 is 2.50 bits per heavy atom. The lowest BCUT2D eigenvalue weighted by atomic mass is 10.2. The Balaban J connectivity index is 2.43. The zero-order valence-electron chi connectivity index (χ0n) is 12.6. The highest BCUT2D eigenvalue weighted by molar-refractivity contribution is 5.94. The van der Waals surface area contributed by atoms with Gasteiger partial charge < -0.3 is 20.5 Å². The maximum absolute atomic E-state index is 11.9. The molecule has 0 aromatic heterocycles. The van der Waals surface area contributed by atoms with E-state index in [4.69, 9.17) is 9.84 Å². The van der Waals surface area contributed by atoms with Gasteiger partial charge in [0, 0.05) is 24.6 Å². The second kappa shape index (κ2) is 8.66. The van der Waals surface area contributed by atoms with Crippen LogP contribution >= 0.6 is 0 Å². The number of ether oxygens (including phenoxy) is 1. The number of aliphatic carboxylic acids is 1. The van der Waals surface area contributed by atoms with Crippen molar-refractivity contribution >= 4 is 17.8 Å².